The lowest BCUT2D eigenvalue weighted by Crippen LogP contribution is -2.05. The fraction of sp³-hybridized carbons (Fsp3) is 0.500. The van der Waals surface area contributed by atoms with Crippen LogP contribution in [0.4, 0.5) is 0 Å². The summed E-state index contributed by atoms with van der Waals surface area (Å²) in [4.78, 5) is 0. The minimum absolute atomic E-state index is 0.290. The molecule has 0 aromatic heterocycles. The SMILES string of the molecule is CCCC(c1ccc(O)c(CC(C)C)c1)c1ccc(O)c(CC(C)C)c1. The maximum atomic E-state index is 10.2. The van der Waals surface area contributed by atoms with E-state index in [0.717, 1.165) is 36.8 Å². The summed E-state index contributed by atoms with van der Waals surface area (Å²) in [6.07, 6.45) is 3.91. The van der Waals surface area contributed by atoms with Gasteiger partial charge in [0.15, 0.2) is 0 Å². The lowest BCUT2D eigenvalue weighted by Gasteiger charge is -2.21. The van der Waals surface area contributed by atoms with Gasteiger partial charge in [-0.3, -0.25) is 0 Å². The summed E-state index contributed by atoms with van der Waals surface area (Å²) in [5, 5.41) is 20.4. The van der Waals surface area contributed by atoms with Gasteiger partial charge in [-0.2, -0.15) is 0 Å². The van der Waals surface area contributed by atoms with E-state index in [0.29, 0.717) is 23.3 Å². The van der Waals surface area contributed by atoms with Crippen molar-refractivity contribution in [3.63, 3.8) is 0 Å². The van der Waals surface area contributed by atoms with E-state index >= 15 is 0 Å². The third-order valence-corrected chi connectivity index (χ3v) is 4.85. The van der Waals surface area contributed by atoms with Crippen LogP contribution in [-0.4, -0.2) is 10.2 Å². The molecule has 0 aliphatic carbocycles. The van der Waals surface area contributed by atoms with E-state index in [2.05, 4.69) is 58.9 Å². The van der Waals surface area contributed by atoms with Crippen LogP contribution >= 0.6 is 0 Å². The Balaban J connectivity index is 2.43. The number of hydrogen-bond donors (Lipinski definition) is 2. The molecule has 2 nitrogen and oxygen atoms in total. The third-order valence-electron chi connectivity index (χ3n) is 4.85. The molecule has 0 bridgehead atoms. The first-order valence-corrected chi connectivity index (χ1v) is 9.95. The monoisotopic (exact) mass is 354 g/mol. The number of phenolic OH excluding ortho intramolecular Hbond substituents is 2. The molecule has 0 atom stereocenters. The van der Waals surface area contributed by atoms with Gasteiger partial charge >= 0.3 is 0 Å². The van der Waals surface area contributed by atoms with Crippen molar-refractivity contribution in [2.75, 3.05) is 0 Å². The van der Waals surface area contributed by atoms with E-state index in [1.54, 1.807) is 0 Å². The lowest BCUT2D eigenvalue weighted by molar-refractivity contribution is 0.461. The second-order valence-corrected chi connectivity index (χ2v) is 8.31. The molecule has 2 rings (SSSR count). The number of aromatic hydroxyl groups is 2. The third kappa shape index (κ3) is 5.27. The minimum atomic E-state index is 0.290. The molecule has 0 saturated carbocycles. The fourth-order valence-electron chi connectivity index (χ4n) is 3.67. The molecule has 26 heavy (non-hydrogen) atoms. The first kappa shape index (κ1) is 20.4. The van der Waals surface area contributed by atoms with E-state index in [9.17, 15) is 10.2 Å². The molecule has 0 heterocycles. The zero-order valence-electron chi connectivity index (χ0n) is 16.9. The van der Waals surface area contributed by atoms with E-state index in [-0.39, 0.29) is 5.92 Å². The normalized spacial score (nSPS) is 11.7. The van der Waals surface area contributed by atoms with Crippen LogP contribution in [0.2, 0.25) is 0 Å². The molecule has 0 spiro atoms. The zero-order chi connectivity index (χ0) is 19.3. The standard InChI is InChI=1S/C24H34O2/c1-6-7-22(18-8-10-23(25)20(14-18)12-16(2)3)19-9-11-24(26)21(15-19)13-17(4)5/h8-11,14-17,22,25-26H,6-7,12-13H2,1-5H3. The van der Waals surface area contributed by atoms with Crippen LogP contribution in [0, 0.1) is 11.8 Å². The van der Waals surface area contributed by atoms with E-state index in [1.807, 2.05) is 12.1 Å². The van der Waals surface area contributed by atoms with Crippen molar-refractivity contribution in [1.82, 2.24) is 0 Å². The molecule has 2 aromatic carbocycles. The highest BCUT2D eigenvalue weighted by molar-refractivity contribution is 5.44. The molecule has 0 aliphatic rings. The van der Waals surface area contributed by atoms with Crippen molar-refractivity contribution < 1.29 is 10.2 Å². The second-order valence-electron chi connectivity index (χ2n) is 8.31. The Morgan fingerprint density at radius 1 is 0.731 bits per heavy atom. The Morgan fingerprint density at radius 2 is 1.15 bits per heavy atom. The summed E-state index contributed by atoms with van der Waals surface area (Å²) in [6, 6.07) is 12.1. The maximum absolute atomic E-state index is 10.2. The van der Waals surface area contributed by atoms with Gasteiger partial charge in [0.2, 0.25) is 0 Å². The largest absolute Gasteiger partial charge is 0.508 e. The van der Waals surface area contributed by atoms with Crippen LogP contribution in [0.25, 0.3) is 0 Å². The highest BCUT2D eigenvalue weighted by Gasteiger charge is 2.17. The smallest absolute Gasteiger partial charge is 0.118 e. The van der Waals surface area contributed by atoms with Crippen LogP contribution in [0.5, 0.6) is 11.5 Å². The van der Waals surface area contributed by atoms with E-state index in [1.165, 1.54) is 11.1 Å². The second kappa shape index (κ2) is 9.12. The number of benzene rings is 2. The molecule has 2 N–H and O–H groups in total. The molecule has 0 radical (unpaired) electrons. The average molecular weight is 355 g/mol. The number of phenols is 2. The van der Waals surface area contributed by atoms with Crippen LogP contribution in [0.3, 0.4) is 0 Å². The van der Waals surface area contributed by atoms with Crippen molar-refractivity contribution >= 4 is 0 Å². The summed E-state index contributed by atoms with van der Waals surface area (Å²) in [5.41, 5.74) is 4.56. The maximum Gasteiger partial charge on any atom is 0.118 e. The summed E-state index contributed by atoms with van der Waals surface area (Å²) >= 11 is 0. The predicted octanol–water partition coefficient (Wildman–Crippen LogP) is 6.43. The van der Waals surface area contributed by atoms with Gasteiger partial charge in [0.1, 0.15) is 11.5 Å². The average Bonchev–Trinajstić information content (AvgIpc) is 2.56. The quantitative estimate of drug-likeness (QED) is 0.573. The van der Waals surface area contributed by atoms with Crippen LogP contribution in [0.1, 0.15) is 75.6 Å². The van der Waals surface area contributed by atoms with Gasteiger partial charge in [0, 0.05) is 5.92 Å². The topological polar surface area (TPSA) is 40.5 Å². The molecule has 2 heteroatoms. The Kier molecular flexibility index (Phi) is 7.14. The van der Waals surface area contributed by atoms with Gasteiger partial charge in [-0.15, -0.1) is 0 Å². The molecule has 0 fully saturated rings. The summed E-state index contributed by atoms with van der Waals surface area (Å²) in [7, 11) is 0. The molecule has 0 aliphatic heterocycles. The predicted molar refractivity (Wildman–Crippen MR) is 110 cm³/mol. The Labute approximate surface area is 158 Å². The van der Waals surface area contributed by atoms with E-state index < -0.39 is 0 Å². The first-order chi connectivity index (χ1) is 12.3. The van der Waals surface area contributed by atoms with Gasteiger partial charge in [-0.1, -0.05) is 65.3 Å². The van der Waals surface area contributed by atoms with Crippen molar-refractivity contribution in [3.05, 3.63) is 58.7 Å². The fourth-order valence-corrected chi connectivity index (χ4v) is 3.67. The van der Waals surface area contributed by atoms with Crippen LogP contribution in [0.15, 0.2) is 36.4 Å². The Morgan fingerprint density at radius 3 is 1.50 bits per heavy atom. The van der Waals surface area contributed by atoms with Crippen molar-refractivity contribution in [2.24, 2.45) is 11.8 Å². The molecule has 0 saturated heterocycles. The van der Waals surface area contributed by atoms with Crippen LogP contribution in [-0.2, 0) is 12.8 Å². The van der Waals surface area contributed by atoms with Gasteiger partial charge < -0.3 is 10.2 Å². The molecule has 0 unspecified atom stereocenters. The van der Waals surface area contributed by atoms with Crippen molar-refractivity contribution in [1.29, 1.82) is 0 Å². The Hall–Kier alpha value is -1.96. The molecule has 0 amide bonds. The molecular formula is C24H34O2. The van der Waals surface area contributed by atoms with Gasteiger partial charge in [-0.25, -0.2) is 0 Å². The van der Waals surface area contributed by atoms with Crippen molar-refractivity contribution in [2.45, 2.75) is 66.2 Å². The molecule has 2 aromatic rings. The highest BCUT2D eigenvalue weighted by Crippen LogP contribution is 2.35. The Bertz CT molecular complexity index is 657. The van der Waals surface area contributed by atoms with Gasteiger partial charge in [-0.05, 0) is 65.5 Å². The lowest BCUT2D eigenvalue weighted by atomic mass is 9.84. The highest BCUT2D eigenvalue weighted by atomic mass is 16.3. The van der Waals surface area contributed by atoms with Gasteiger partial charge in [0.25, 0.3) is 0 Å². The summed E-state index contributed by atoms with van der Waals surface area (Å²) in [6.45, 7) is 10.9. The minimum Gasteiger partial charge on any atom is -0.508 e. The molecular weight excluding hydrogens is 320 g/mol. The van der Waals surface area contributed by atoms with E-state index in [4.69, 9.17) is 0 Å². The summed E-state index contributed by atoms with van der Waals surface area (Å²) < 4.78 is 0. The first-order valence-electron chi connectivity index (χ1n) is 9.95. The number of hydrogen-bond acceptors (Lipinski definition) is 2. The van der Waals surface area contributed by atoms with Crippen molar-refractivity contribution in [3.8, 4) is 11.5 Å². The van der Waals surface area contributed by atoms with Crippen LogP contribution < -0.4 is 0 Å². The number of rotatable bonds is 8. The van der Waals surface area contributed by atoms with Gasteiger partial charge in [0.05, 0.1) is 0 Å². The summed E-state index contributed by atoms with van der Waals surface area (Å²) in [5.74, 6) is 2.09. The zero-order valence-corrected chi connectivity index (χ0v) is 16.9. The molecule has 142 valence electrons.